The molecule has 5 nitrogen and oxygen atoms in total. The second-order valence-electron chi connectivity index (χ2n) is 6.92. The van der Waals surface area contributed by atoms with Crippen LogP contribution >= 0.6 is 0 Å². The lowest BCUT2D eigenvalue weighted by Gasteiger charge is -2.10. The number of nitrogens with one attached hydrogen (secondary N) is 1. The summed E-state index contributed by atoms with van der Waals surface area (Å²) in [6.07, 6.45) is 8.91. The van der Waals surface area contributed by atoms with Gasteiger partial charge in [0, 0.05) is 18.5 Å². The maximum Gasteiger partial charge on any atom is 0.303 e. The van der Waals surface area contributed by atoms with Crippen LogP contribution in [0.1, 0.15) is 82.0 Å². The maximum absolute atomic E-state index is 12.1. The zero-order chi connectivity index (χ0) is 19.2. The quantitative estimate of drug-likeness (QED) is 0.466. The van der Waals surface area contributed by atoms with Crippen LogP contribution in [0.15, 0.2) is 24.3 Å². The molecule has 1 rings (SSSR count). The number of carbonyl (C=O) groups excluding carboxylic acids is 1. The first-order chi connectivity index (χ1) is 12.5. The summed E-state index contributed by atoms with van der Waals surface area (Å²) in [4.78, 5) is 22.5. The second-order valence-corrected chi connectivity index (χ2v) is 6.92. The Labute approximate surface area is 157 Å². The Bertz CT molecular complexity index is 525. The first-order valence-electron chi connectivity index (χ1n) is 9.75. The Hall–Kier alpha value is -2.04. The van der Waals surface area contributed by atoms with Crippen molar-refractivity contribution in [3.63, 3.8) is 0 Å². The Balaban J connectivity index is 2.02. The van der Waals surface area contributed by atoms with Crippen LogP contribution in [0.3, 0.4) is 0 Å². The first-order valence-corrected chi connectivity index (χ1v) is 9.75. The van der Waals surface area contributed by atoms with Crippen LogP contribution < -0.4 is 10.1 Å². The number of benzene rings is 1. The van der Waals surface area contributed by atoms with Gasteiger partial charge in [-0.2, -0.15) is 0 Å². The minimum Gasteiger partial charge on any atom is -0.491 e. The van der Waals surface area contributed by atoms with Gasteiger partial charge in [-0.25, -0.2) is 0 Å². The zero-order valence-corrected chi connectivity index (χ0v) is 16.1. The molecule has 0 spiro atoms. The third kappa shape index (κ3) is 10.7. The molecule has 26 heavy (non-hydrogen) atoms. The molecule has 0 atom stereocenters. The van der Waals surface area contributed by atoms with Gasteiger partial charge in [0.15, 0.2) is 0 Å². The smallest absolute Gasteiger partial charge is 0.303 e. The lowest BCUT2D eigenvalue weighted by atomic mass is 10.1. The van der Waals surface area contributed by atoms with Gasteiger partial charge in [0.1, 0.15) is 5.75 Å². The average molecular weight is 363 g/mol. The normalized spacial score (nSPS) is 10.7. The number of carboxylic acid groups (broad SMARTS) is 1. The molecule has 1 amide bonds. The third-order valence-corrected chi connectivity index (χ3v) is 4.09. The van der Waals surface area contributed by atoms with E-state index in [-0.39, 0.29) is 18.4 Å². The summed E-state index contributed by atoms with van der Waals surface area (Å²) in [6.45, 7) is 4.64. The molecular weight excluding hydrogens is 330 g/mol. The van der Waals surface area contributed by atoms with Gasteiger partial charge < -0.3 is 15.2 Å². The van der Waals surface area contributed by atoms with Crippen LogP contribution in [0, 0.1) is 0 Å². The van der Waals surface area contributed by atoms with Crippen molar-refractivity contribution in [1.29, 1.82) is 0 Å². The Morgan fingerprint density at radius 3 is 2.00 bits per heavy atom. The maximum atomic E-state index is 12.1. The van der Waals surface area contributed by atoms with Gasteiger partial charge in [-0.3, -0.25) is 9.59 Å². The van der Waals surface area contributed by atoms with Gasteiger partial charge in [-0.05, 0) is 51.0 Å². The fraction of sp³-hybridized carbons (Fsp3) is 0.619. The number of unbranched alkanes of at least 4 members (excludes halogenated alkanes) is 7. The summed E-state index contributed by atoms with van der Waals surface area (Å²) in [7, 11) is 0. The minimum absolute atomic E-state index is 0.0421. The van der Waals surface area contributed by atoms with Crippen molar-refractivity contribution in [3.8, 4) is 5.75 Å². The molecule has 0 radical (unpaired) electrons. The highest BCUT2D eigenvalue weighted by molar-refractivity contribution is 5.94. The van der Waals surface area contributed by atoms with Crippen molar-refractivity contribution < 1.29 is 19.4 Å². The van der Waals surface area contributed by atoms with Gasteiger partial charge in [-0.1, -0.05) is 38.5 Å². The van der Waals surface area contributed by atoms with E-state index in [0.29, 0.717) is 12.1 Å². The molecule has 0 aliphatic rings. The fourth-order valence-electron chi connectivity index (χ4n) is 2.72. The summed E-state index contributed by atoms with van der Waals surface area (Å²) in [5, 5.41) is 11.5. The van der Waals surface area contributed by atoms with Crippen molar-refractivity contribution in [1.82, 2.24) is 5.32 Å². The van der Waals surface area contributed by atoms with E-state index in [4.69, 9.17) is 9.84 Å². The summed E-state index contributed by atoms with van der Waals surface area (Å²) in [5.74, 6) is 0.0333. The molecular formula is C21H33NO4. The number of hydrogen-bond donors (Lipinski definition) is 2. The van der Waals surface area contributed by atoms with Crippen LogP contribution in [-0.2, 0) is 4.79 Å². The summed E-state index contributed by atoms with van der Waals surface area (Å²) >= 11 is 0. The molecule has 1 aromatic carbocycles. The predicted octanol–water partition coefficient (Wildman–Crippen LogP) is 4.80. The highest BCUT2D eigenvalue weighted by Crippen LogP contribution is 2.14. The molecule has 0 unspecified atom stereocenters. The van der Waals surface area contributed by atoms with E-state index in [1.165, 1.54) is 6.42 Å². The van der Waals surface area contributed by atoms with Crippen molar-refractivity contribution in [2.24, 2.45) is 0 Å². The predicted molar refractivity (Wildman–Crippen MR) is 104 cm³/mol. The molecule has 2 N–H and O–H groups in total. The second kappa shape index (κ2) is 13.2. The Morgan fingerprint density at radius 2 is 1.46 bits per heavy atom. The van der Waals surface area contributed by atoms with Crippen LogP contribution in [0.5, 0.6) is 5.75 Å². The molecule has 0 bridgehead atoms. The topological polar surface area (TPSA) is 75.6 Å². The van der Waals surface area contributed by atoms with E-state index in [2.05, 4.69) is 5.32 Å². The van der Waals surface area contributed by atoms with E-state index < -0.39 is 5.97 Å². The molecule has 0 saturated heterocycles. The van der Waals surface area contributed by atoms with E-state index in [1.54, 1.807) is 12.1 Å². The third-order valence-electron chi connectivity index (χ3n) is 4.09. The standard InChI is InChI=1S/C21H33NO4/c1-17(2)26-19-14-12-18(13-15-19)21(25)22-16-10-8-6-4-3-5-7-9-11-20(23)24/h12-15,17H,3-11,16H2,1-2H3,(H,22,25)(H,23,24). The number of aliphatic carboxylic acids is 1. The highest BCUT2D eigenvalue weighted by atomic mass is 16.5. The van der Waals surface area contributed by atoms with Gasteiger partial charge in [0.2, 0.25) is 0 Å². The molecule has 0 aromatic heterocycles. The molecule has 0 heterocycles. The molecule has 0 aliphatic heterocycles. The lowest BCUT2D eigenvalue weighted by molar-refractivity contribution is -0.137. The fourth-order valence-corrected chi connectivity index (χ4v) is 2.72. The summed E-state index contributed by atoms with van der Waals surface area (Å²) in [5.41, 5.74) is 0.655. The zero-order valence-electron chi connectivity index (χ0n) is 16.1. The van der Waals surface area contributed by atoms with E-state index >= 15 is 0 Å². The molecule has 5 heteroatoms. The number of ether oxygens (including phenoxy) is 1. The summed E-state index contributed by atoms with van der Waals surface area (Å²) < 4.78 is 5.57. The average Bonchev–Trinajstić information content (AvgIpc) is 2.59. The monoisotopic (exact) mass is 363 g/mol. The number of hydrogen-bond acceptors (Lipinski definition) is 3. The minimum atomic E-state index is -0.702. The molecule has 0 fully saturated rings. The first kappa shape index (κ1) is 22.0. The largest absolute Gasteiger partial charge is 0.491 e. The number of rotatable bonds is 14. The van der Waals surface area contributed by atoms with Crippen molar-refractivity contribution >= 4 is 11.9 Å². The highest BCUT2D eigenvalue weighted by Gasteiger charge is 2.05. The lowest BCUT2D eigenvalue weighted by Crippen LogP contribution is -2.24. The van der Waals surface area contributed by atoms with Crippen LogP contribution in [0.25, 0.3) is 0 Å². The van der Waals surface area contributed by atoms with Gasteiger partial charge >= 0.3 is 5.97 Å². The summed E-state index contributed by atoms with van der Waals surface area (Å²) in [6, 6.07) is 7.23. The molecule has 0 saturated carbocycles. The van der Waals surface area contributed by atoms with Crippen molar-refractivity contribution in [3.05, 3.63) is 29.8 Å². The Kier molecular flexibility index (Phi) is 11.2. The Morgan fingerprint density at radius 1 is 0.923 bits per heavy atom. The van der Waals surface area contributed by atoms with E-state index in [1.807, 2.05) is 26.0 Å². The molecule has 1 aromatic rings. The van der Waals surface area contributed by atoms with Gasteiger partial charge in [0.25, 0.3) is 5.91 Å². The van der Waals surface area contributed by atoms with Crippen LogP contribution in [0.4, 0.5) is 0 Å². The van der Waals surface area contributed by atoms with Gasteiger partial charge in [-0.15, -0.1) is 0 Å². The number of amides is 1. The number of carbonyl (C=O) groups is 2. The van der Waals surface area contributed by atoms with Crippen LogP contribution in [-0.4, -0.2) is 29.6 Å². The van der Waals surface area contributed by atoms with Crippen LogP contribution in [0.2, 0.25) is 0 Å². The van der Waals surface area contributed by atoms with E-state index in [9.17, 15) is 9.59 Å². The SMILES string of the molecule is CC(C)Oc1ccc(C(=O)NCCCCCCCCCCC(=O)O)cc1. The van der Waals surface area contributed by atoms with Crippen molar-refractivity contribution in [2.75, 3.05) is 6.54 Å². The van der Waals surface area contributed by atoms with E-state index in [0.717, 1.165) is 50.7 Å². The molecule has 146 valence electrons. The molecule has 0 aliphatic carbocycles. The van der Waals surface area contributed by atoms with Crippen molar-refractivity contribution in [2.45, 2.75) is 77.7 Å². The van der Waals surface area contributed by atoms with Gasteiger partial charge in [0.05, 0.1) is 6.10 Å². The number of carboxylic acids is 1.